The van der Waals surface area contributed by atoms with Crippen LogP contribution in [0.3, 0.4) is 0 Å². The molecule has 1 heterocycles. The van der Waals surface area contributed by atoms with E-state index in [9.17, 15) is 0 Å². The Bertz CT molecular complexity index is 438. The van der Waals surface area contributed by atoms with Gasteiger partial charge in [-0.2, -0.15) is 0 Å². The topological polar surface area (TPSA) is 38.9 Å². The van der Waals surface area contributed by atoms with E-state index >= 15 is 0 Å². The predicted octanol–water partition coefficient (Wildman–Crippen LogP) is 3.45. The van der Waals surface area contributed by atoms with E-state index in [1.165, 1.54) is 18.4 Å². The van der Waals surface area contributed by atoms with Crippen LogP contribution in [0.15, 0.2) is 18.3 Å². The molecule has 3 aliphatic rings. The summed E-state index contributed by atoms with van der Waals surface area (Å²) in [7, 11) is 0. The number of hydrogen-bond acceptors (Lipinski definition) is 2. The van der Waals surface area contributed by atoms with Crippen LogP contribution in [0, 0.1) is 23.2 Å². The summed E-state index contributed by atoms with van der Waals surface area (Å²) in [6, 6.07) is 4.19. The van der Waals surface area contributed by atoms with Gasteiger partial charge in [0.05, 0.1) is 0 Å². The monoisotopic (exact) mass is 230 g/mol. The van der Waals surface area contributed by atoms with Crippen LogP contribution >= 0.6 is 0 Å². The van der Waals surface area contributed by atoms with Crippen molar-refractivity contribution in [1.82, 2.24) is 4.98 Å². The Kier molecular flexibility index (Phi) is 2.26. The molecule has 4 atom stereocenters. The number of anilines is 1. The highest BCUT2D eigenvalue weighted by atomic mass is 14.8. The van der Waals surface area contributed by atoms with Crippen molar-refractivity contribution >= 4 is 5.82 Å². The summed E-state index contributed by atoms with van der Waals surface area (Å²) in [6.07, 6.45) is 4.50. The van der Waals surface area contributed by atoms with Gasteiger partial charge in [0.25, 0.3) is 0 Å². The van der Waals surface area contributed by atoms with Gasteiger partial charge in [0, 0.05) is 6.20 Å². The first kappa shape index (κ1) is 11.1. The van der Waals surface area contributed by atoms with Crippen LogP contribution in [-0.4, -0.2) is 4.98 Å². The number of nitrogen functional groups attached to an aromatic ring is 1. The lowest BCUT2D eigenvalue weighted by atomic mass is 9.43. The number of pyridine rings is 1. The summed E-state index contributed by atoms with van der Waals surface area (Å²) in [5, 5.41) is 0. The van der Waals surface area contributed by atoms with Gasteiger partial charge in [-0.3, -0.25) is 0 Å². The van der Waals surface area contributed by atoms with E-state index in [-0.39, 0.29) is 0 Å². The van der Waals surface area contributed by atoms with Crippen molar-refractivity contribution in [2.45, 2.75) is 39.5 Å². The molecule has 92 valence electrons. The van der Waals surface area contributed by atoms with Gasteiger partial charge in [0.2, 0.25) is 0 Å². The predicted molar refractivity (Wildman–Crippen MR) is 70.5 cm³/mol. The quantitative estimate of drug-likeness (QED) is 0.802. The second kappa shape index (κ2) is 3.47. The molecule has 0 radical (unpaired) electrons. The van der Waals surface area contributed by atoms with E-state index in [0.29, 0.717) is 11.3 Å². The first-order chi connectivity index (χ1) is 8.01. The van der Waals surface area contributed by atoms with Crippen LogP contribution in [0.4, 0.5) is 5.82 Å². The van der Waals surface area contributed by atoms with Gasteiger partial charge >= 0.3 is 0 Å². The fourth-order valence-corrected chi connectivity index (χ4v) is 4.30. The maximum Gasteiger partial charge on any atom is 0.126 e. The Morgan fingerprint density at radius 3 is 2.71 bits per heavy atom. The van der Waals surface area contributed by atoms with Crippen molar-refractivity contribution in [3.8, 4) is 0 Å². The zero-order valence-electron chi connectivity index (χ0n) is 11.0. The summed E-state index contributed by atoms with van der Waals surface area (Å²) >= 11 is 0. The Morgan fingerprint density at radius 2 is 2.12 bits per heavy atom. The molecule has 3 fully saturated rings. The normalized spacial score (nSPS) is 38.5. The van der Waals surface area contributed by atoms with Crippen LogP contribution in [0.1, 0.15) is 45.1 Å². The fraction of sp³-hybridized carbons (Fsp3) is 0.667. The van der Waals surface area contributed by atoms with E-state index < -0.39 is 0 Å². The molecular weight excluding hydrogens is 208 g/mol. The third kappa shape index (κ3) is 1.42. The molecule has 0 saturated heterocycles. The number of rotatable bonds is 1. The van der Waals surface area contributed by atoms with Crippen LogP contribution in [-0.2, 0) is 0 Å². The standard InChI is InChI=1S/C15H22N2/c1-9-12(11-5-4-6-17-14(11)16)7-10-8-13(9)15(10,2)3/h4-6,9-10,12-13H,7-8H2,1-3H3,(H2,16,17)/t9?,10-,12?,13-/m0/s1. The maximum atomic E-state index is 6.03. The van der Waals surface area contributed by atoms with E-state index in [4.69, 9.17) is 5.73 Å². The largest absolute Gasteiger partial charge is 0.383 e. The fourth-order valence-electron chi connectivity index (χ4n) is 4.30. The van der Waals surface area contributed by atoms with Gasteiger partial charge in [-0.25, -0.2) is 4.98 Å². The molecule has 0 spiro atoms. The molecule has 3 saturated carbocycles. The first-order valence-corrected chi connectivity index (χ1v) is 6.72. The molecule has 3 aliphatic carbocycles. The molecule has 2 heteroatoms. The van der Waals surface area contributed by atoms with Gasteiger partial charge < -0.3 is 5.73 Å². The Hall–Kier alpha value is -1.05. The minimum absolute atomic E-state index is 0.548. The molecule has 2 N–H and O–H groups in total. The Morgan fingerprint density at radius 1 is 1.35 bits per heavy atom. The number of nitrogens with two attached hydrogens (primary N) is 1. The molecule has 17 heavy (non-hydrogen) atoms. The molecular formula is C15H22N2. The molecule has 2 unspecified atom stereocenters. The number of aromatic nitrogens is 1. The second-order valence-electron chi connectivity index (χ2n) is 6.54. The van der Waals surface area contributed by atoms with Gasteiger partial charge in [0.15, 0.2) is 0 Å². The molecule has 0 amide bonds. The molecule has 2 nitrogen and oxygen atoms in total. The summed E-state index contributed by atoms with van der Waals surface area (Å²) in [5.41, 5.74) is 7.86. The zero-order chi connectivity index (χ0) is 12.2. The highest BCUT2D eigenvalue weighted by Gasteiger charge is 2.56. The molecule has 4 rings (SSSR count). The molecule has 1 aromatic heterocycles. The van der Waals surface area contributed by atoms with Crippen molar-refractivity contribution in [1.29, 1.82) is 0 Å². The molecule has 0 aliphatic heterocycles. The Balaban J connectivity index is 1.91. The van der Waals surface area contributed by atoms with Crippen molar-refractivity contribution in [2.24, 2.45) is 23.2 Å². The van der Waals surface area contributed by atoms with Crippen LogP contribution < -0.4 is 5.73 Å². The summed E-state index contributed by atoms with van der Waals surface area (Å²) in [4.78, 5) is 4.24. The lowest BCUT2D eigenvalue weighted by Crippen LogP contribution is -2.54. The van der Waals surface area contributed by atoms with Crippen LogP contribution in [0.25, 0.3) is 0 Å². The smallest absolute Gasteiger partial charge is 0.126 e. The third-order valence-corrected chi connectivity index (χ3v) is 5.62. The van der Waals surface area contributed by atoms with Gasteiger partial charge in [-0.05, 0) is 53.6 Å². The van der Waals surface area contributed by atoms with E-state index in [0.717, 1.165) is 23.6 Å². The highest BCUT2D eigenvalue weighted by Crippen LogP contribution is 2.65. The Labute approximate surface area is 104 Å². The molecule has 0 aromatic carbocycles. The third-order valence-electron chi connectivity index (χ3n) is 5.62. The van der Waals surface area contributed by atoms with Crippen LogP contribution in [0.2, 0.25) is 0 Å². The van der Waals surface area contributed by atoms with Crippen molar-refractivity contribution < 1.29 is 0 Å². The van der Waals surface area contributed by atoms with E-state index in [2.05, 4.69) is 31.8 Å². The lowest BCUT2D eigenvalue weighted by Gasteiger charge is -2.62. The molecule has 1 aromatic rings. The first-order valence-electron chi connectivity index (χ1n) is 6.72. The summed E-state index contributed by atoms with van der Waals surface area (Å²) in [5.74, 6) is 3.85. The minimum atomic E-state index is 0.548. The van der Waals surface area contributed by atoms with E-state index in [1.54, 1.807) is 6.20 Å². The van der Waals surface area contributed by atoms with Crippen molar-refractivity contribution in [3.05, 3.63) is 23.9 Å². The number of nitrogens with zero attached hydrogens (tertiary/aromatic N) is 1. The lowest BCUT2D eigenvalue weighted by molar-refractivity contribution is -0.110. The average molecular weight is 230 g/mol. The van der Waals surface area contributed by atoms with Crippen molar-refractivity contribution in [3.63, 3.8) is 0 Å². The average Bonchev–Trinajstić information content (AvgIpc) is 2.29. The van der Waals surface area contributed by atoms with E-state index in [1.807, 2.05) is 6.07 Å². The summed E-state index contributed by atoms with van der Waals surface area (Å²) in [6.45, 7) is 7.27. The SMILES string of the molecule is CC1C(c2cccnc2N)C[C@H]2C[C@@H]1C2(C)C. The van der Waals surface area contributed by atoms with Gasteiger partial charge in [0.1, 0.15) is 5.82 Å². The van der Waals surface area contributed by atoms with Crippen molar-refractivity contribution in [2.75, 3.05) is 5.73 Å². The van der Waals surface area contributed by atoms with Gasteiger partial charge in [-0.15, -0.1) is 0 Å². The summed E-state index contributed by atoms with van der Waals surface area (Å²) < 4.78 is 0. The van der Waals surface area contributed by atoms with Crippen LogP contribution in [0.5, 0.6) is 0 Å². The second-order valence-corrected chi connectivity index (χ2v) is 6.54. The minimum Gasteiger partial charge on any atom is -0.383 e. The zero-order valence-corrected chi connectivity index (χ0v) is 11.0. The van der Waals surface area contributed by atoms with Gasteiger partial charge in [-0.1, -0.05) is 26.8 Å². The highest BCUT2D eigenvalue weighted by molar-refractivity contribution is 5.42. The maximum absolute atomic E-state index is 6.03. The molecule has 2 bridgehead atoms. The number of hydrogen-bond donors (Lipinski definition) is 1. The number of fused-ring (bicyclic) bond motifs is 2.